The van der Waals surface area contributed by atoms with Gasteiger partial charge in [0.25, 0.3) is 0 Å². The van der Waals surface area contributed by atoms with E-state index < -0.39 is 0 Å². The topological polar surface area (TPSA) is 26.0 Å². The Kier molecular flexibility index (Phi) is 5.25. The zero-order chi connectivity index (χ0) is 12.8. The van der Waals surface area contributed by atoms with Gasteiger partial charge in [0.15, 0.2) is 0 Å². The van der Waals surface area contributed by atoms with Crippen LogP contribution in [-0.2, 0) is 12.8 Å². The SMILES string of the molecule is CCCCc1ccc2c(c1)C(CCCN)CCC2. The van der Waals surface area contributed by atoms with Crippen LogP contribution >= 0.6 is 0 Å². The van der Waals surface area contributed by atoms with Crippen LogP contribution in [0.15, 0.2) is 18.2 Å². The van der Waals surface area contributed by atoms with Crippen LogP contribution in [0.1, 0.15) is 68.1 Å². The largest absolute Gasteiger partial charge is 0.330 e. The van der Waals surface area contributed by atoms with Crippen molar-refractivity contribution in [3.63, 3.8) is 0 Å². The van der Waals surface area contributed by atoms with Gasteiger partial charge >= 0.3 is 0 Å². The molecule has 0 heterocycles. The van der Waals surface area contributed by atoms with Crippen LogP contribution in [0.25, 0.3) is 0 Å². The quantitative estimate of drug-likeness (QED) is 0.799. The van der Waals surface area contributed by atoms with Gasteiger partial charge in [0.05, 0.1) is 0 Å². The smallest absolute Gasteiger partial charge is 0.00771 e. The van der Waals surface area contributed by atoms with Crippen LogP contribution in [0.5, 0.6) is 0 Å². The van der Waals surface area contributed by atoms with E-state index >= 15 is 0 Å². The number of unbranched alkanes of at least 4 members (excludes halogenated alkanes) is 1. The van der Waals surface area contributed by atoms with Crippen molar-refractivity contribution in [2.45, 2.75) is 64.2 Å². The van der Waals surface area contributed by atoms with Gasteiger partial charge in [-0.25, -0.2) is 0 Å². The Morgan fingerprint density at radius 2 is 2.17 bits per heavy atom. The van der Waals surface area contributed by atoms with Crippen molar-refractivity contribution in [3.05, 3.63) is 34.9 Å². The number of aryl methyl sites for hydroxylation is 2. The van der Waals surface area contributed by atoms with E-state index in [9.17, 15) is 0 Å². The summed E-state index contributed by atoms with van der Waals surface area (Å²) in [5, 5.41) is 0. The van der Waals surface area contributed by atoms with E-state index in [0.717, 1.165) is 12.5 Å². The second-order valence-electron chi connectivity index (χ2n) is 5.66. The van der Waals surface area contributed by atoms with Crippen molar-refractivity contribution in [1.29, 1.82) is 0 Å². The molecule has 1 aromatic rings. The first-order chi connectivity index (χ1) is 8.85. The first-order valence-corrected chi connectivity index (χ1v) is 7.67. The molecule has 0 fully saturated rings. The molecule has 18 heavy (non-hydrogen) atoms. The summed E-state index contributed by atoms with van der Waals surface area (Å²) in [7, 11) is 0. The van der Waals surface area contributed by atoms with Gasteiger partial charge in [-0.15, -0.1) is 0 Å². The zero-order valence-corrected chi connectivity index (χ0v) is 11.8. The summed E-state index contributed by atoms with van der Waals surface area (Å²) in [5.41, 5.74) is 10.4. The van der Waals surface area contributed by atoms with E-state index in [-0.39, 0.29) is 0 Å². The molecule has 0 bridgehead atoms. The maximum absolute atomic E-state index is 5.66. The summed E-state index contributed by atoms with van der Waals surface area (Å²) in [5.74, 6) is 0.777. The molecule has 1 heteroatoms. The molecule has 2 rings (SSSR count). The number of nitrogens with two attached hydrogens (primary N) is 1. The predicted molar refractivity (Wildman–Crippen MR) is 79.0 cm³/mol. The van der Waals surface area contributed by atoms with Gasteiger partial charge in [-0.2, -0.15) is 0 Å². The van der Waals surface area contributed by atoms with Gasteiger partial charge in [-0.3, -0.25) is 0 Å². The normalized spacial score (nSPS) is 18.7. The standard InChI is InChI=1S/C17H27N/c1-2-3-6-14-10-11-16-8-4-7-15(9-5-12-18)17(16)13-14/h10-11,13,15H,2-9,12,18H2,1H3. The van der Waals surface area contributed by atoms with Gasteiger partial charge in [-0.05, 0) is 74.1 Å². The van der Waals surface area contributed by atoms with E-state index in [2.05, 4.69) is 25.1 Å². The summed E-state index contributed by atoms with van der Waals surface area (Å²) in [6.45, 7) is 3.10. The van der Waals surface area contributed by atoms with E-state index in [1.807, 2.05) is 0 Å². The molecule has 0 saturated heterocycles. The van der Waals surface area contributed by atoms with E-state index in [4.69, 9.17) is 5.73 Å². The highest BCUT2D eigenvalue weighted by Crippen LogP contribution is 2.35. The monoisotopic (exact) mass is 245 g/mol. The highest BCUT2D eigenvalue weighted by Gasteiger charge is 2.19. The molecule has 1 aliphatic rings. The molecule has 2 N–H and O–H groups in total. The molecule has 1 aliphatic carbocycles. The molecular weight excluding hydrogens is 218 g/mol. The van der Waals surface area contributed by atoms with Crippen molar-refractivity contribution in [1.82, 2.24) is 0 Å². The number of hydrogen-bond acceptors (Lipinski definition) is 1. The van der Waals surface area contributed by atoms with Crippen LogP contribution in [0, 0.1) is 0 Å². The van der Waals surface area contributed by atoms with Crippen molar-refractivity contribution in [2.75, 3.05) is 6.54 Å². The van der Waals surface area contributed by atoms with Crippen LogP contribution in [0.4, 0.5) is 0 Å². The van der Waals surface area contributed by atoms with Crippen molar-refractivity contribution < 1.29 is 0 Å². The maximum atomic E-state index is 5.66. The average molecular weight is 245 g/mol. The van der Waals surface area contributed by atoms with Crippen molar-refractivity contribution in [2.24, 2.45) is 5.73 Å². The first kappa shape index (κ1) is 13.6. The third-order valence-electron chi connectivity index (χ3n) is 4.22. The molecule has 0 radical (unpaired) electrons. The fourth-order valence-corrected chi connectivity index (χ4v) is 3.15. The summed E-state index contributed by atoms with van der Waals surface area (Å²) < 4.78 is 0. The number of rotatable bonds is 6. The molecule has 0 aliphatic heterocycles. The minimum atomic E-state index is 0.777. The summed E-state index contributed by atoms with van der Waals surface area (Å²) >= 11 is 0. The minimum absolute atomic E-state index is 0.777. The Hall–Kier alpha value is -0.820. The van der Waals surface area contributed by atoms with E-state index in [0.29, 0.717) is 0 Å². The maximum Gasteiger partial charge on any atom is -0.00771 e. The predicted octanol–water partition coefficient (Wildman–Crippen LogP) is 4.19. The fraction of sp³-hybridized carbons (Fsp3) is 0.647. The van der Waals surface area contributed by atoms with Gasteiger partial charge in [0.2, 0.25) is 0 Å². The lowest BCUT2D eigenvalue weighted by Gasteiger charge is -2.26. The molecule has 1 aromatic carbocycles. The van der Waals surface area contributed by atoms with Gasteiger partial charge < -0.3 is 5.73 Å². The Labute approximate surface area is 112 Å². The molecule has 1 atom stereocenters. The van der Waals surface area contributed by atoms with Gasteiger partial charge in [-0.1, -0.05) is 31.5 Å². The Morgan fingerprint density at radius 1 is 1.28 bits per heavy atom. The summed E-state index contributed by atoms with van der Waals surface area (Å²) in [4.78, 5) is 0. The van der Waals surface area contributed by atoms with Crippen LogP contribution < -0.4 is 5.73 Å². The fourth-order valence-electron chi connectivity index (χ4n) is 3.15. The lowest BCUT2D eigenvalue weighted by molar-refractivity contribution is 0.507. The molecule has 0 aromatic heterocycles. The zero-order valence-electron chi connectivity index (χ0n) is 11.8. The number of benzene rings is 1. The second kappa shape index (κ2) is 6.94. The lowest BCUT2D eigenvalue weighted by Crippen LogP contribution is -2.12. The summed E-state index contributed by atoms with van der Waals surface area (Å²) in [6.07, 6.45) is 10.3. The number of hydrogen-bond donors (Lipinski definition) is 1. The second-order valence-corrected chi connectivity index (χ2v) is 5.66. The highest BCUT2D eigenvalue weighted by molar-refractivity contribution is 5.36. The molecule has 0 spiro atoms. The third-order valence-corrected chi connectivity index (χ3v) is 4.22. The van der Waals surface area contributed by atoms with Crippen LogP contribution in [-0.4, -0.2) is 6.54 Å². The van der Waals surface area contributed by atoms with Crippen LogP contribution in [0.2, 0.25) is 0 Å². The van der Waals surface area contributed by atoms with Crippen molar-refractivity contribution >= 4 is 0 Å². The van der Waals surface area contributed by atoms with Gasteiger partial charge in [0.1, 0.15) is 0 Å². The lowest BCUT2D eigenvalue weighted by atomic mass is 9.79. The van der Waals surface area contributed by atoms with Crippen molar-refractivity contribution in [3.8, 4) is 0 Å². The molecule has 1 unspecified atom stereocenters. The van der Waals surface area contributed by atoms with E-state index in [1.165, 1.54) is 56.9 Å². The Bertz CT molecular complexity index is 370. The van der Waals surface area contributed by atoms with Crippen LogP contribution in [0.3, 0.4) is 0 Å². The molecule has 100 valence electrons. The molecule has 0 amide bonds. The minimum Gasteiger partial charge on any atom is -0.330 e. The Morgan fingerprint density at radius 3 is 2.94 bits per heavy atom. The Balaban J connectivity index is 2.12. The summed E-state index contributed by atoms with van der Waals surface area (Å²) in [6, 6.07) is 7.22. The molecule has 1 nitrogen and oxygen atoms in total. The highest BCUT2D eigenvalue weighted by atomic mass is 14.5. The number of fused-ring (bicyclic) bond motifs is 1. The molecule has 0 saturated carbocycles. The van der Waals surface area contributed by atoms with E-state index in [1.54, 1.807) is 11.1 Å². The molecular formula is C17H27N. The average Bonchev–Trinajstić information content (AvgIpc) is 2.42. The first-order valence-electron chi connectivity index (χ1n) is 7.67. The van der Waals surface area contributed by atoms with Gasteiger partial charge in [0, 0.05) is 0 Å². The third kappa shape index (κ3) is 3.35.